The molecule has 154 valence electrons. The summed E-state index contributed by atoms with van der Waals surface area (Å²) in [5, 5.41) is 15.2. The Labute approximate surface area is 166 Å². The number of rotatable bonds is 6. The SMILES string of the molecule is Cc1ccccc1N1CCN(C(=O)CCC2(CN(C)C)NC(O)NC2=O)CC1. The number of aliphatic hydroxyl groups excluding tert-OH is 1. The van der Waals surface area contributed by atoms with E-state index in [1.165, 1.54) is 11.3 Å². The van der Waals surface area contributed by atoms with E-state index in [0.717, 1.165) is 13.1 Å². The summed E-state index contributed by atoms with van der Waals surface area (Å²) >= 11 is 0. The van der Waals surface area contributed by atoms with E-state index in [1.807, 2.05) is 36.0 Å². The Morgan fingerprint density at radius 1 is 1.25 bits per heavy atom. The maximum Gasteiger partial charge on any atom is 0.244 e. The highest BCUT2D eigenvalue weighted by molar-refractivity contribution is 5.89. The molecule has 8 heteroatoms. The first-order chi connectivity index (χ1) is 13.3. The number of aliphatic hydroxyl groups is 1. The summed E-state index contributed by atoms with van der Waals surface area (Å²) in [5.41, 5.74) is 1.52. The van der Waals surface area contributed by atoms with Crippen molar-refractivity contribution in [2.45, 2.75) is 31.7 Å². The predicted molar refractivity (Wildman–Crippen MR) is 108 cm³/mol. The van der Waals surface area contributed by atoms with E-state index in [9.17, 15) is 14.7 Å². The van der Waals surface area contributed by atoms with Gasteiger partial charge in [0.15, 0.2) is 6.35 Å². The first kappa shape index (κ1) is 20.6. The normalized spacial score (nSPS) is 25.3. The molecule has 0 bridgehead atoms. The number of aryl methyl sites for hydroxylation is 1. The topological polar surface area (TPSA) is 88.2 Å². The Morgan fingerprint density at radius 3 is 2.50 bits per heavy atom. The van der Waals surface area contributed by atoms with Crippen molar-refractivity contribution in [2.75, 3.05) is 51.7 Å². The molecule has 1 aromatic carbocycles. The Hall–Kier alpha value is -2.16. The molecular weight excluding hydrogens is 358 g/mol. The van der Waals surface area contributed by atoms with Crippen molar-refractivity contribution in [3.05, 3.63) is 29.8 Å². The van der Waals surface area contributed by atoms with Crippen LogP contribution in [0.15, 0.2) is 24.3 Å². The fourth-order valence-corrected chi connectivity index (χ4v) is 4.14. The van der Waals surface area contributed by atoms with Gasteiger partial charge < -0.3 is 25.1 Å². The van der Waals surface area contributed by atoms with E-state index >= 15 is 0 Å². The van der Waals surface area contributed by atoms with Gasteiger partial charge in [-0.2, -0.15) is 0 Å². The van der Waals surface area contributed by atoms with E-state index in [4.69, 9.17) is 0 Å². The van der Waals surface area contributed by atoms with Crippen LogP contribution in [0.25, 0.3) is 0 Å². The van der Waals surface area contributed by atoms with Gasteiger partial charge in [-0.1, -0.05) is 18.2 Å². The maximum atomic E-state index is 12.8. The highest BCUT2D eigenvalue weighted by Crippen LogP contribution is 2.23. The summed E-state index contributed by atoms with van der Waals surface area (Å²) < 4.78 is 0. The van der Waals surface area contributed by atoms with Crippen molar-refractivity contribution in [3.63, 3.8) is 0 Å². The smallest absolute Gasteiger partial charge is 0.244 e. The van der Waals surface area contributed by atoms with Crippen LogP contribution in [0.1, 0.15) is 18.4 Å². The number of likely N-dealkylation sites (N-methyl/N-ethyl adjacent to an activating group) is 1. The number of carbonyl (C=O) groups is 2. The van der Waals surface area contributed by atoms with Gasteiger partial charge in [-0.05, 0) is 39.1 Å². The fraction of sp³-hybridized carbons (Fsp3) is 0.600. The zero-order chi connectivity index (χ0) is 20.3. The van der Waals surface area contributed by atoms with Gasteiger partial charge in [-0.25, -0.2) is 0 Å². The van der Waals surface area contributed by atoms with Gasteiger partial charge in [0.2, 0.25) is 11.8 Å². The lowest BCUT2D eigenvalue weighted by atomic mass is 9.92. The summed E-state index contributed by atoms with van der Waals surface area (Å²) in [5.74, 6) is -0.204. The Balaban J connectivity index is 1.55. The van der Waals surface area contributed by atoms with Gasteiger partial charge in [0, 0.05) is 44.8 Å². The molecule has 0 saturated carbocycles. The molecule has 28 heavy (non-hydrogen) atoms. The maximum absolute atomic E-state index is 12.8. The van der Waals surface area contributed by atoms with Crippen LogP contribution in [0.2, 0.25) is 0 Å². The summed E-state index contributed by atoms with van der Waals surface area (Å²) in [4.78, 5) is 31.2. The predicted octanol–water partition coefficient (Wildman–Crippen LogP) is -0.280. The van der Waals surface area contributed by atoms with Gasteiger partial charge >= 0.3 is 0 Å². The Kier molecular flexibility index (Phi) is 6.22. The second-order valence-electron chi connectivity index (χ2n) is 7.99. The van der Waals surface area contributed by atoms with Crippen LogP contribution >= 0.6 is 0 Å². The number of para-hydroxylation sites is 1. The van der Waals surface area contributed by atoms with Crippen LogP contribution in [0.5, 0.6) is 0 Å². The molecule has 2 fully saturated rings. The van der Waals surface area contributed by atoms with Crippen LogP contribution in [-0.2, 0) is 9.59 Å². The van der Waals surface area contributed by atoms with E-state index in [-0.39, 0.29) is 18.2 Å². The Bertz CT molecular complexity index is 718. The van der Waals surface area contributed by atoms with Crippen molar-refractivity contribution < 1.29 is 14.7 Å². The van der Waals surface area contributed by atoms with E-state index < -0.39 is 11.9 Å². The minimum absolute atomic E-state index is 0.0542. The molecule has 2 saturated heterocycles. The zero-order valence-electron chi connectivity index (χ0n) is 16.9. The lowest BCUT2D eigenvalue weighted by molar-refractivity contribution is -0.132. The number of hydrogen-bond acceptors (Lipinski definition) is 6. The average molecular weight is 390 g/mol. The number of carbonyl (C=O) groups excluding carboxylic acids is 2. The monoisotopic (exact) mass is 389 g/mol. The third-order valence-electron chi connectivity index (χ3n) is 5.56. The molecule has 3 N–H and O–H groups in total. The molecule has 0 radical (unpaired) electrons. The van der Waals surface area contributed by atoms with E-state index in [0.29, 0.717) is 26.1 Å². The van der Waals surface area contributed by atoms with Crippen LogP contribution in [0.3, 0.4) is 0 Å². The number of anilines is 1. The number of hydrogen-bond donors (Lipinski definition) is 3. The summed E-state index contributed by atoms with van der Waals surface area (Å²) in [6.07, 6.45) is -0.448. The molecule has 0 aliphatic carbocycles. The minimum atomic E-state index is -1.07. The van der Waals surface area contributed by atoms with Gasteiger partial charge in [0.25, 0.3) is 0 Å². The van der Waals surface area contributed by atoms with Crippen LogP contribution in [-0.4, -0.2) is 85.4 Å². The highest BCUT2D eigenvalue weighted by atomic mass is 16.3. The van der Waals surface area contributed by atoms with Gasteiger partial charge in [0.05, 0.1) is 0 Å². The number of benzene rings is 1. The molecule has 1 aromatic rings. The first-order valence-corrected chi connectivity index (χ1v) is 9.80. The Morgan fingerprint density at radius 2 is 1.93 bits per heavy atom. The standard InChI is InChI=1S/C20H31N5O3/c1-15-6-4-5-7-16(15)24-10-12-25(13-11-24)17(26)8-9-20(14-23(2)3)18(27)21-19(28)22-20/h4-7,19,22,28H,8-14H2,1-3H3,(H,21,27). The molecule has 2 heterocycles. The summed E-state index contributed by atoms with van der Waals surface area (Å²) in [6, 6.07) is 8.29. The molecule has 2 unspecified atom stereocenters. The van der Waals surface area contributed by atoms with Crippen molar-refractivity contribution in [1.82, 2.24) is 20.4 Å². The third kappa shape index (κ3) is 4.45. The van der Waals surface area contributed by atoms with Gasteiger partial charge in [-0.3, -0.25) is 14.9 Å². The third-order valence-corrected chi connectivity index (χ3v) is 5.56. The van der Waals surface area contributed by atoms with Crippen molar-refractivity contribution in [1.29, 1.82) is 0 Å². The fourth-order valence-electron chi connectivity index (χ4n) is 4.14. The van der Waals surface area contributed by atoms with Crippen LogP contribution in [0.4, 0.5) is 5.69 Å². The van der Waals surface area contributed by atoms with Crippen LogP contribution in [0, 0.1) is 6.92 Å². The van der Waals surface area contributed by atoms with Crippen molar-refractivity contribution >= 4 is 17.5 Å². The largest absolute Gasteiger partial charge is 0.368 e. The van der Waals surface area contributed by atoms with Gasteiger partial charge in [0.1, 0.15) is 5.54 Å². The van der Waals surface area contributed by atoms with E-state index in [2.05, 4.69) is 34.6 Å². The molecule has 2 atom stereocenters. The molecule has 0 spiro atoms. The molecule has 2 aliphatic heterocycles. The van der Waals surface area contributed by atoms with Crippen molar-refractivity contribution in [3.8, 4) is 0 Å². The first-order valence-electron chi connectivity index (χ1n) is 9.80. The summed E-state index contributed by atoms with van der Waals surface area (Å²) in [6.45, 7) is 5.48. The van der Waals surface area contributed by atoms with Crippen molar-refractivity contribution in [2.24, 2.45) is 0 Å². The number of piperazine rings is 1. The quantitative estimate of drug-likeness (QED) is 0.620. The average Bonchev–Trinajstić information content (AvgIpc) is 2.93. The van der Waals surface area contributed by atoms with Gasteiger partial charge in [-0.15, -0.1) is 0 Å². The molecule has 0 aromatic heterocycles. The molecule has 3 rings (SSSR count). The minimum Gasteiger partial charge on any atom is -0.368 e. The lowest BCUT2D eigenvalue weighted by Gasteiger charge is -2.37. The second kappa shape index (κ2) is 8.46. The molecule has 8 nitrogen and oxygen atoms in total. The summed E-state index contributed by atoms with van der Waals surface area (Å²) in [7, 11) is 3.74. The highest BCUT2D eigenvalue weighted by Gasteiger charge is 2.46. The molecular formula is C20H31N5O3. The van der Waals surface area contributed by atoms with Crippen LogP contribution < -0.4 is 15.5 Å². The molecule has 2 amide bonds. The zero-order valence-corrected chi connectivity index (χ0v) is 16.9. The number of nitrogens with zero attached hydrogens (tertiary/aromatic N) is 3. The second-order valence-corrected chi connectivity index (χ2v) is 7.99. The van der Waals surface area contributed by atoms with E-state index in [1.54, 1.807) is 0 Å². The lowest BCUT2D eigenvalue weighted by Crippen LogP contribution is -2.55. The number of amides is 2. The number of nitrogens with one attached hydrogen (secondary N) is 2. The molecule has 2 aliphatic rings.